The van der Waals surface area contributed by atoms with Gasteiger partial charge in [-0.1, -0.05) is 30.4 Å². The number of terminal acetylenes is 1. The van der Waals surface area contributed by atoms with E-state index in [4.69, 9.17) is 16.1 Å². The number of phenolic OH excluding ortho intramolecular Hbond substituents is 1. The number of phenols is 1. The van der Waals surface area contributed by atoms with Crippen molar-refractivity contribution in [2.24, 2.45) is 0 Å². The highest BCUT2D eigenvalue weighted by Crippen LogP contribution is 2.42. The Morgan fingerprint density at radius 3 is 2.75 bits per heavy atom. The van der Waals surface area contributed by atoms with Crippen LogP contribution in [0, 0.1) is 35.8 Å². The van der Waals surface area contributed by atoms with Gasteiger partial charge < -0.3 is 20.1 Å². The molecule has 6 heterocycles. The molecule has 1 amide bonds. The summed E-state index contributed by atoms with van der Waals surface area (Å²) in [7, 11) is 0. The number of aromatic hydroxyl groups is 1. The highest BCUT2D eigenvalue weighted by atomic mass is 19.1. The Hall–Kier alpha value is -5.37. The molecule has 4 aromatic rings. The average molecular weight is 722 g/mol. The van der Waals surface area contributed by atoms with Gasteiger partial charge in [0.2, 0.25) is 5.91 Å². The van der Waals surface area contributed by atoms with Crippen molar-refractivity contribution in [2.75, 3.05) is 50.8 Å². The van der Waals surface area contributed by atoms with Crippen LogP contribution in [0.2, 0.25) is 0 Å². The summed E-state index contributed by atoms with van der Waals surface area (Å²) in [6.45, 7) is 6.70. The fraction of sp³-hybridized carbons (Fsp3) is 0.400. The van der Waals surface area contributed by atoms with Crippen molar-refractivity contribution in [3.05, 3.63) is 60.3 Å². The molecule has 4 atom stereocenters. The maximum Gasteiger partial charge on any atom is 0.319 e. The molecule has 4 aliphatic heterocycles. The van der Waals surface area contributed by atoms with E-state index in [0.717, 1.165) is 32.2 Å². The first-order valence-corrected chi connectivity index (χ1v) is 17.8. The molecule has 0 radical (unpaired) electrons. The van der Waals surface area contributed by atoms with Gasteiger partial charge in [-0.3, -0.25) is 19.6 Å². The summed E-state index contributed by atoms with van der Waals surface area (Å²) < 4.78 is 52.8. The summed E-state index contributed by atoms with van der Waals surface area (Å²) in [4.78, 5) is 32.0. The molecule has 8 rings (SSSR count). The van der Waals surface area contributed by atoms with Crippen LogP contribution in [-0.4, -0.2) is 105 Å². The van der Waals surface area contributed by atoms with E-state index in [-0.39, 0.29) is 70.6 Å². The van der Waals surface area contributed by atoms with Gasteiger partial charge >= 0.3 is 6.01 Å². The molecule has 13 heteroatoms. The smallest absolute Gasteiger partial charge is 0.319 e. The number of carbonyl (C=O) groups is 1. The molecule has 0 aliphatic carbocycles. The molecule has 4 aliphatic rings. The first kappa shape index (κ1) is 34.7. The summed E-state index contributed by atoms with van der Waals surface area (Å²) in [6, 6.07) is 5.69. The number of nitrogens with one attached hydrogen (secondary N) is 1. The molecule has 2 bridgehead atoms. The van der Waals surface area contributed by atoms with Gasteiger partial charge in [0, 0.05) is 55.3 Å². The van der Waals surface area contributed by atoms with E-state index >= 15 is 4.39 Å². The van der Waals surface area contributed by atoms with Gasteiger partial charge in [-0.2, -0.15) is 9.97 Å². The third kappa shape index (κ3) is 6.28. The highest BCUT2D eigenvalue weighted by Gasteiger charge is 2.49. The van der Waals surface area contributed by atoms with Gasteiger partial charge in [-0.05, 0) is 61.9 Å². The number of pyridine rings is 1. The van der Waals surface area contributed by atoms with Crippen LogP contribution in [0.3, 0.4) is 0 Å². The topological polar surface area (TPSA) is 107 Å². The zero-order chi connectivity index (χ0) is 36.9. The minimum absolute atomic E-state index is 0.0366. The molecule has 4 fully saturated rings. The van der Waals surface area contributed by atoms with Crippen molar-refractivity contribution in [1.29, 1.82) is 0 Å². The van der Waals surface area contributed by atoms with E-state index in [0.29, 0.717) is 49.2 Å². The Morgan fingerprint density at radius 2 is 1.98 bits per heavy atom. The molecule has 0 spiro atoms. The number of amides is 1. The number of fused-ring (bicyclic) bond motifs is 5. The molecule has 4 unspecified atom stereocenters. The summed E-state index contributed by atoms with van der Waals surface area (Å²) in [5.74, 6) is 7.10. The second-order valence-electron chi connectivity index (χ2n) is 14.3. The first-order chi connectivity index (χ1) is 25.7. The summed E-state index contributed by atoms with van der Waals surface area (Å²) >= 11 is 0. The van der Waals surface area contributed by atoms with Crippen LogP contribution in [0.5, 0.6) is 11.8 Å². The number of piperazine rings is 1. The zero-order valence-corrected chi connectivity index (χ0v) is 29.0. The van der Waals surface area contributed by atoms with E-state index in [1.807, 2.05) is 0 Å². The normalized spacial score (nSPS) is 23.8. The Labute approximate surface area is 305 Å². The number of rotatable bonds is 8. The standard InChI is InChI=1S/C40H38F3N7O3/c1-3-29-32(42)11-8-24-16-28(51)17-30(34(24)29)36-35(43)37-31(19-45-36)38(47-39(46-37)53-23-40-12-7-14-49(40)20-25(41)18-40)48-21-26-9-10-27(22-48)50(26)15-6-5-13-44-33(52)4-2/h1,4,8,11,16-17,19,25-27,51H,2,7,9-10,12-15,18,20-23H2,(H,44,52). The van der Waals surface area contributed by atoms with Crippen molar-refractivity contribution in [2.45, 2.75) is 55.9 Å². The quantitative estimate of drug-likeness (QED) is 0.198. The number of aromatic nitrogens is 3. The highest BCUT2D eigenvalue weighted by molar-refractivity contribution is 6.03. The predicted octanol–water partition coefficient (Wildman–Crippen LogP) is 4.72. The Morgan fingerprint density at radius 1 is 1.17 bits per heavy atom. The van der Waals surface area contributed by atoms with Gasteiger partial charge in [0.15, 0.2) is 5.82 Å². The van der Waals surface area contributed by atoms with Crippen LogP contribution in [0.15, 0.2) is 43.1 Å². The largest absolute Gasteiger partial charge is 0.508 e. The third-order valence-electron chi connectivity index (χ3n) is 11.2. The fourth-order valence-corrected chi connectivity index (χ4v) is 8.75. The van der Waals surface area contributed by atoms with Crippen molar-refractivity contribution < 1.29 is 27.8 Å². The number of anilines is 1. The van der Waals surface area contributed by atoms with E-state index < -0.39 is 23.3 Å². The van der Waals surface area contributed by atoms with Crippen molar-refractivity contribution in [1.82, 2.24) is 30.1 Å². The van der Waals surface area contributed by atoms with E-state index in [1.165, 1.54) is 36.5 Å². The van der Waals surface area contributed by atoms with Crippen LogP contribution < -0.4 is 15.0 Å². The van der Waals surface area contributed by atoms with E-state index in [2.05, 4.69) is 54.3 Å². The van der Waals surface area contributed by atoms with Gasteiger partial charge in [-0.25, -0.2) is 13.2 Å². The Balaban J connectivity index is 1.17. The number of halogens is 3. The molecule has 4 saturated heterocycles. The summed E-state index contributed by atoms with van der Waals surface area (Å²) in [5.41, 5.74) is -0.653. The lowest BCUT2D eigenvalue weighted by molar-refractivity contribution is -0.116. The second kappa shape index (κ2) is 13.9. The first-order valence-electron chi connectivity index (χ1n) is 17.8. The lowest BCUT2D eigenvalue weighted by atomic mass is 9.95. The van der Waals surface area contributed by atoms with Crippen LogP contribution in [-0.2, 0) is 4.79 Å². The van der Waals surface area contributed by atoms with E-state index in [1.54, 1.807) is 0 Å². The van der Waals surface area contributed by atoms with Crippen LogP contribution in [0.1, 0.15) is 37.7 Å². The number of nitrogens with zero attached hydrogens (tertiary/aromatic N) is 6. The number of ether oxygens (including phenoxy) is 1. The lowest BCUT2D eigenvalue weighted by Crippen LogP contribution is -2.54. The van der Waals surface area contributed by atoms with Crippen molar-refractivity contribution in [3.8, 4) is 47.2 Å². The number of benzene rings is 2. The fourth-order valence-electron chi connectivity index (χ4n) is 8.75. The van der Waals surface area contributed by atoms with Crippen LogP contribution in [0.25, 0.3) is 32.9 Å². The number of alkyl halides is 1. The minimum Gasteiger partial charge on any atom is -0.508 e. The average Bonchev–Trinajstić information content (AvgIpc) is 3.75. The minimum atomic E-state index is -0.949. The third-order valence-corrected chi connectivity index (χ3v) is 11.2. The van der Waals surface area contributed by atoms with Crippen LogP contribution in [0.4, 0.5) is 19.0 Å². The van der Waals surface area contributed by atoms with E-state index in [9.17, 15) is 18.7 Å². The predicted molar refractivity (Wildman–Crippen MR) is 195 cm³/mol. The number of carbonyl (C=O) groups excluding carboxylic acids is 1. The zero-order valence-electron chi connectivity index (χ0n) is 29.0. The van der Waals surface area contributed by atoms with Crippen molar-refractivity contribution >= 4 is 33.4 Å². The molecular formula is C40H38F3N7O3. The van der Waals surface area contributed by atoms with Gasteiger partial charge in [0.05, 0.1) is 29.6 Å². The lowest BCUT2D eigenvalue weighted by Gasteiger charge is -2.41. The van der Waals surface area contributed by atoms with Gasteiger partial charge in [0.25, 0.3) is 0 Å². The number of hydrogen-bond acceptors (Lipinski definition) is 9. The van der Waals surface area contributed by atoms with Crippen LogP contribution >= 0.6 is 0 Å². The molecule has 2 aromatic heterocycles. The summed E-state index contributed by atoms with van der Waals surface area (Å²) in [6.07, 6.45) is 11.4. The Bertz CT molecular complexity index is 2240. The molecule has 2 N–H and O–H groups in total. The monoisotopic (exact) mass is 721 g/mol. The molecule has 0 saturated carbocycles. The number of hydrogen-bond donors (Lipinski definition) is 2. The molecule has 10 nitrogen and oxygen atoms in total. The maximum absolute atomic E-state index is 17.0. The van der Waals surface area contributed by atoms with Gasteiger partial charge in [-0.15, -0.1) is 6.42 Å². The molecule has 53 heavy (non-hydrogen) atoms. The van der Waals surface area contributed by atoms with Crippen molar-refractivity contribution in [3.63, 3.8) is 0 Å². The SMILES string of the molecule is C#Cc1c(F)ccc2cc(O)cc(-c3ncc4c(N5CC6CCC(C5)N6CC#CCNC(=O)C=C)nc(OCC56CCCN5CC(F)C6)nc4c3F)c12. The van der Waals surface area contributed by atoms with Gasteiger partial charge in [0.1, 0.15) is 41.4 Å². The molecular weight excluding hydrogens is 683 g/mol. The summed E-state index contributed by atoms with van der Waals surface area (Å²) in [5, 5.41) is 14.3. The maximum atomic E-state index is 17.0. The Kier molecular flexibility index (Phi) is 9.09. The second-order valence-corrected chi connectivity index (χ2v) is 14.3. The molecule has 272 valence electrons. The molecule has 2 aromatic carbocycles.